The van der Waals surface area contributed by atoms with Crippen molar-refractivity contribution in [3.63, 3.8) is 0 Å². The lowest BCUT2D eigenvalue weighted by molar-refractivity contribution is -0.150. The smallest absolute Gasteiger partial charge is 0.343 e. The van der Waals surface area contributed by atoms with E-state index in [1.807, 2.05) is 0 Å². The third-order valence-electron chi connectivity index (χ3n) is 26.2. The van der Waals surface area contributed by atoms with E-state index in [9.17, 15) is 33.6 Å². The van der Waals surface area contributed by atoms with Crippen LogP contribution in [0.5, 0.6) is 74.7 Å². The molecule has 0 aromatic heterocycles. The van der Waals surface area contributed by atoms with Crippen molar-refractivity contribution >= 4 is 41.8 Å². The molecule has 0 spiro atoms. The van der Waals surface area contributed by atoms with Gasteiger partial charge < -0.3 is 104 Å². The number of hydrogen-bond donors (Lipinski definition) is 0. The van der Waals surface area contributed by atoms with Crippen LogP contribution >= 0.6 is 0 Å². The Bertz CT molecular complexity index is 5530. The van der Waals surface area contributed by atoms with Crippen molar-refractivity contribution in [1.29, 1.82) is 0 Å². The second-order valence-corrected chi connectivity index (χ2v) is 38.5. The maximum atomic E-state index is 13.0. The second kappa shape index (κ2) is 59.0. The van der Waals surface area contributed by atoms with Crippen molar-refractivity contribution in [3.05, 3.63) is 245 Å². The van der Waals surface area contributed by atoms with Crippen LogP contribution in [0.1, 0.15) is 260 Å². The minimum atomic E-state index is -0.654. The molecule has 7 aliphatic rings. The first kappa shape index (κ1) is 110. The van der Waals surface area contributed by atoms with Gasteiger partial charge in [0.15, 0.2) is 11.5 Å². The molecule has 7 aliphatic heterocycles. The van der Waals surface area contributed by atoms with Gasteiger partial charge in [0.1, 0.15) is 63.2 Å². The summed E-state index contributed by atoms with van der Waals surface area (Å²) in [6.45, 7) is 22.3. The number of carbonyl (C=O) groups excluding carboxylic acids is 7. The molecule has 29 heteroatoms. The van der Waals surface area contributed by atoms with Crippen molar-refractivity contribution in [2.24, 2.45) is 10.8 Å². The summed E-state index contributed by atoms with van der Waals surface area (Å²) in [6, 6.07) is 55.1. The lowest BCUT2D eigenvalue weighted by Gasteiger charge is -2.40. The van der Waals surface area contributed by atoms with Crippen LogP contribution in [0.15, 0.2) is 200 Å². The van der Waals surface area contributed by atoms with Gasteiger partial charge in [-0.2, -0.15) is 0 Å². The van der Waals surface area contributed by atoms with Gasteiger partial charge in [-0.25, -0.2) is 28.8 Å². The number of epoxide rings is 5. The summed E-state index contributed by atoms with van der Waals surface area (Å²) in [4.78, 5) is 89.7. The number of benzene rings is 9. The van der Waals surface area contributed by atoms with Crippen molar-refractivity contribution in [2.75, 3.05) is 126 Å². The summed E-state index contributed by atoms with van der Waals surface area (Å²) in [5.41, 5.74) is 4.08. The molecule has 7 fully saturated rings. The SMILES string of the molecule is CCC1(COCCCCCCOc2ccc(C(=O)Oc3ccc(OC(=O)c4ccc(OCCCCCCOCC5(CC)COC5)cc4)c(C)c3)cc2)COC1.Cc1cc(OC(=O)c2ccc(OCCCCCCC3CO3)cc2)ccc1OC(=O)c1ccc(OCCCCCCC2CO2)cc1.O=C(CCCC1CO1)Oc1cc(OC(=O)c2ccc(OCCCC3CO3)cc2)ccc1OC(=O)c1ccc(OCCCC2CO2)cc1. The van der Waals surface area contributed by atoms with Crippen LogP contribution in [-0.2, 0) is 47.4 Å². The topological polar surface area (TPSA) is 339 Å². The molecule has 788 valence electrons. The Kier molecular flexibility index (Phi) is 44.3. The molecule has 0 radical (unpaired) electrons. The van der Waals surface area contributed by atoms with E-state index in [-0.39, 0.29) is 46.2 Å². The zero-order valence-corrected chi connectivity index (χ0v) is 85.3. The third-order valence-corrected chi connectivity index (χ3v) is 26.2. The molecular weight excluding hydrogens is 1880 g/mol. The highest BCUT2D eigenvalue weighted by atomic mass is 16.6. The molecule has 7 saturated heterocycles. The first-order chi connectivity index (χ1) is 71.8. The monoisotopic (exact) mass is 2020 g/mol. The first-order valence-electron chi connectivity index (χ1n) is 52.5. The van der Waals surface area contributed by atoms with Crippen LogP contribution in [-0.4, -0.2) is 198 Å². The normalized spacial score (nSPS) is 16.9. The Hall–Kier alpha value is -12.3. The van der Waals surface area contributed by atoms with E-state index in [2.05, 4.69) is 13.8 Å². The zero-order chi connectivity index (χ0) is 102. The molecule has 7 heterocycles. The van der Waals surface area contributed by atoms with Gasteiger partial charge in [0, 0.05) is 36.5 Å². The lowest BCUT2D eigenvalue weighted by Crippen LogP contribution is -2.45. The molecular formula is C118H142O29. The van der Waals surface area contributed by atoms with Gasteiger partial charge in [-0.3, -0.25) is 4.79 Å². The molecule has 16 rings (SSSR count). The van der Waals surface area contributed by atoms with Gasteiger partial charge in [-0.05, 0) is 335 Å². The van der Waals surface area contributed by atoms with Crippen molar-refractivity contribution < 1.29 is 138 Å². The fourth-order valence-corrected chi connectivity index (χ4v) is 16.1. The van der Waals surface area contributed by atoms with E-state index in [0.717, 1.165) is 213 Å². The third kappa shape index (κ3) is 39.7. The predicted octanol–water partition coefficient (Wildman–Crippen LogP) is 22.8. The molecule has 29 nitrogen and oxygen atoms in total. The second-order valence-electron chi connectivity index (χ2n) is 38.5. The number of ether oxygens (including phenoxy) is 22. The molecule has 0 N–H and O–H groups in total. The van der Waals surface area contributed by atoms with Crippen LogP contribution in [0.25, 0.3) is 0 Å². The molecule has 0 amide bonds. The average Bonchev–Trinajstić information content (AvgIpc) is 1.68. The fraction of sp³-hybridized carbons (Fsp3) is 0.483. The molecule has 5 unspecified atom stereocenters. The van der Waals surface area contributed by atoms with E-state index in [1.54, 1.807) is 196 Å². The number of aryl methyl sites for hydroxylation is 2. The Labute approximate surface area is 862 Å². The van der Waals surface area contributed by atoms with E-state index in [1.165, 1.54) is 56.7 Å². The Morgan fingerprint density at radius 1 is 0.252 bits per heavy atom. The van der Waals surface area contributed by atoms with Crippen LogP contribution in [0.3, 0.4) is 0 Å². The highest BCUT2D eigenvalue weighted by Gasteiger charge is 2.38. The summed E-state index contributed by atoms with van der Waals surface area (Å²) >= 11 is 0. The standard InChI is InChI=1S/C45H60O10.C37H44O8.C36H38O11/c1-4-44(31-50-32-44)29-48-24-10-6-8-12-26-52-38-18-14-36(15-19-38)42(46)54-40-22-23-41(35(3)28-40)55-43(47)37-16-20-39(21-17-37)53-27-13-9-7-11-25-49-30-45(5-2)33-51-34-45;1-27-24-32(44-36(38)28-12-16-30(17-13-28)40-22-8-4-2-6-10-33-25-42-33)20-21-35(27)45-37(39)29-14-18-31(19-15-29)41-23-9-5-3-7-11-34-26-43-34;37-34(7-1-4-29-21-42-29)46-33-20-28(45-35(38)24-8-12-26(13-9-24)40-18-2-5-30-22-43-30)16-17-32(33)47-36(39)25-10-14-27(15-11-25)41-19-3-6-31-23-44-31/h14-23,28H,4-13,24-27,29-34H2,1-3H3;12-21,24,33-34H,2-11,22-23,25-26H2,1H3;8-17,20,29-31H,1-7,18-19,21-23H2. The van der Waals surface area contributed by atoms with Crippen molar-refractivity contribution in [3.8, 4) is 74.7 Å². The van der Waals surface area contributed by atoms with Gasteiger partial charge in [-0.15, -0.1) is 0 Å². The minimum Gasteiger partial charge on any atom is -0.494 e. The predicted molar refractivity (Wildman–Crippen MR) is 549 cm³/mol. The summed E-state index contributed by atoms with van der Waals surface area (Å²) in [5, 5.41) is 0. The summed E-state index contributed by atoms with van der Waals surface area (Å²) in [6.07, 6.45) is 29.1. The quantitative estimate of drug-likeness (QED) is 0.0148. The maximum Gasteiger partial charge on any atom is 0.343 e. The number of rotatable bonds is 65. The number of esters is 7. The summed E-state index contributed by atoms with van der Waals surface area (Å²) < 4.78 is 123. The van der Waals surface area contributed by atoms with Gasteiger partial charge in [0.05, 0.1) is 176 Å². The molecule has 9 aromatic rings. The molecule has 5 atom stereocenters. The van der Waals surface area contributed by atoms with E-state index >= 15 is 0 Å². The fourth-order valence-electron chi connectivity index (χ4n) is 16.1. The van der Waals surface area contributed by atoms with Gasteiger partial charge >= 0.3 is 41.8 Å². The highest BCUT2D eigenvalue weighted by Crippen LogP contribution is 2.38. The largest absolute Gasteiger partial charge is 0.494 e. The average molecular weight is 2020 g/mol. The van der Waals surface area contributed by atoms with E-state index in [4.69, 9.17) is 104 Å². The van der Waals surface area contributed by atoms with Crippen molar-refractivity contribution in [1.82, 2.24) is 0 Å². The van der Waals surface area contributed by atoms with Gasteiger partial charge in [0.2, 0.25) is 0 Å². The molecule has 0 bridgehead atoms. The van der Waals surface area contributed by atoms with Crippen LogP contribution < -0.4 is 61.6 Å². The Morgan fingerprint density at radius 2 is 0.490 bits per heavy atom. The molecule has 9 aromatic carbocycles. The lowest BCUT2D eigenvalue weighted by atomic mass is 9.84. The zero-order valence-electron chi connectivity index (χ0n) is 85.3. The maximum absolute atomic E-state index is 13.0. The molecule has 147 heavy (non-hydrogen) atoms. The number of carbonyl (C=O) groups is 7. The van der Waals surface area contributed by atoms with E-state index in [0.29, 0.717) is 162 Å². The van der Waals surface area contributed by atoms with Crippen molar-refractivity contribution in [2.45, 2.75) is 232 Å². The van der Waals surface area contributed by atoms with Crippen LogP contribution in [0.4, 0.5) is 0 Å². The molecule has 0 saturated carbocycles. The summed E-state index contributed by atoms with van der Waals surface area (Å²) in [5.74, 6) is 2.03. The minimum absolute atomic E-state index is 0.00560. The van der Waals surface area contributed by atoms with Gasteiger partial charge in [0.25, 0.3) is 0 Å². The van der Waals surface area contributed by atoms with Crippen LogP contribution in [0.2, 0.25) is 0 Å². The highest BCUT2D eigenvalue weighted by molar-refractivity contribution is 5.95. The van der Waals surface area contributed by atoms with Crippen LogP contribution in [0, 0.1) is 24.7 Å². The molecule has 0 aliphatic carbocycles. The Morgan fingerprint density at radius 3 is 0.762 bits per heavy atom. The first-order valence-corrected chi connectivity index (χ1v) is 52.5. The number of hydrogen-bond acceptors (Lipinski definition) is 29. The van der Waals surface area contributed by atoms with E-state index < -0.39 is 41.8 Å². The summed E-state index contributed by atoms with van der Waals surface area (Å²) in [7, 11) is 0. The van der Waals surface area contributed by atoms with Gasteiger partial charge in [-0.1, -0.05) is 65.2 Å². The Balaban J connectivity index is 0.000000175. The number of unbranched alkanes of at least 4 members (excludes halogenated alkanes) is 12.